The van der Waals surface area contributed by atoms with E-state index in [2.05, 4.69) is 0 Å². The molecule has 0 bridgehead atoms. The van der Waals surface area contributed by atoms with Crippen LogP contribution in [0.3, 0.4) is 0 Å². The standard InChI is InChI=1S/C6H12N2O2.2ClH/c1-8-3-4(7)2-5(8)6(9)10;;/h4-5H,2-3,7H2,1H3,(H,9,10);2*1H/t4-,5-;;/m0../s1. The van der Waals surface area contributed by atoms with Gasteiger partial charge in [0.05, 0.1) is 0 Å². The fourth-order valence-electron chi connectivity index (χ4n) is 1.33. The molecule has 3 N–H and O–H groups in total. The first-order valence-electron chi connectivity index (χ1n) is 3.30. The number of carbonyl (C=O) groups is 1. The lowest BCUT2D eigenvalue weighted by Crippen LogP contribution is -2.32. The second-order valence-electron chi connectivity index (χ2n) is 2.79. The van der Waals surface area contributed by atoms with Gasteiger partial charge >= 0.3 is 5.97 Å². The highest BCUT2D eigenvalue weighted by Gasteiger charge is 2.31. The van der Waals surface area contributed by atoms with Crippen molar-refractivity contribution >= 4 is 30.8 Å². The number of carboxylic acid groups (broad SMARTS) is 1. The Hall–Kier alpha value is -0.0300. The Bertz CT molecular complexity index is 156. The molecule has 0 aromatic carbocycles. The van der Waals surface area contributed by atoms with Crippen LogP contribution in [0.5, 0.6) is 0 Å². The number of rotatable bonds is 1. The number of hydrogen-bond donors (Lipinski definition) is 2. The molecule has 2 atom stereocenters. The van der Waals surface area contributed by atoms with Gasteiger partial charge in [0.1, 0.15) is 6.04 Å². The highest BCUT2D eigenvalue weighted by molar-refractivity contribution is 5.85. The maximum atomic E-state index is 10.5. The van der Waals surface area contributed by atoms with E-state index in [1.807, 2.05) is 0 Å². The van der Waals surface area contributed by atoms with E-state index in [1.54, 1.807) is 11.9 Å². The Morgan fingerprint density at radius 3 is 2.25 bits per heavy atom. The molecular weight excluding hydrogens is 203 g/mol. The van der Waals surface area contributed by atoms with Crippen molar-refractivity contribution in [3.05, 3.63) is 0 Å². The smallest absolute Gasteiger partial charge is 0.320 e. The van der Waals surface area contributed by atoms with Crippen molar-refractivity contribution < 1.29 is 9.90 Å². The number of likely N-dealkylation sites (N-methyl/N-ethyl adjacent to an activating group) is 1. The Morgan fingerprint density at radius 2 is 2.08 bits per heavy atom. The zero-order valence-corrected chi connectivity index (χ0v) is 8.40. The van der Waals surface area contributed by atoms with Gasteiger partial charge in [-0.15, -0.1) is 24.8 Å². The van der Waals surface area contributed by atoms with E-state index >= 15 is 0 Å². The van der Waals surface area contributed by atoms with E-state index < -0.39 is 5.97 Å². The summed E-state index contributed by atoms with van der Waals surface area (Å²) in [5, 5.41) is 8.60. The molecule has 6 heteroatoms. The Labute approximate surface area is 83.9 Å². The van der Waals surface area contributed by atoms with Crippen molar-refractivity contribution in [1.82, 2.24) is 4.90 Å². The molecule has 0 radical (unpaired) electrons. The Morgan fingerprint density at radius 1 is 1.58 bits per heavy atom. The lowest BCUT2D eigenvalue weighted by Gasteiger charge is -2.12. The lowest BCUT2D eigenvalue weighted by atomic mass is 10.2. The first-order valence-corrected chi connectivity index (χ1v) is 3.30. The Balaban J connectivity index is 0. The van der Waals surface area contributed by atoms with Crippen LogP contribution in [0.2, 0.25) is 0 Å². The molecule has 1 aliphatic rings. The van der Waals surface area contributed by atoms with Crippen molar-refractivity contribution in [3.63, 3.8) is 0 Å². The molecular formula is C6H14Cl2N2O2. The monoisotopic (exact) mass is 216 g/mol. The fraction of sp³-hybridized carbons (Fsp3) is 0.833. The minimum absolute atomic E-state index is 0. The summed E-state index contributed by atoms with van der Waals surface area (Å²) in [6, 6.07) is -0.332. The van der Waals surface area contributed by atoms with Crippen molar-refractivity contribution in [2.45, 2.75) is 18.5 Å². The van der Waals surface area contributed by atoms with Crippen LogP contribution in [0.1, 0.15) is 6.42 Å². The van der Waals surface area contributed by atoms with Crippen LogP contribution in [0, 0.1) is 0 Å². The highest BCUT2D eigenvalue weighted by Crippen LogP contribution is 2.13. The molecule has 0 spiro atoms. The van der Waals surface area contributed by atoms with E-state index in [0.29, 0.717) is 13.0 Å². The summed E-state index contributed by atoms with van der Waals surface area (Å²) in [5.74, 6) is -0.768. The van der Waals surface area contributed by atoms with Crippen LogP contribution < -0.4 is 5.73 Å². The van der Waals surface area contributed by atoms with Gasteiger partial charge in [0.2, 0.25) is 0 Å². The van der Waals surface area contributed by atoms with Crippen molar-refractivity contribution in [1.29, 1.82) is 0 Å². The van der Waals surface area contributed by atoms with Gasteiger partial charge in [0.15, 0.2) is 0 Å². The molecule has 0 saturated carbocycles. The van der Waals surface area contributed by atoms with Crippen LogP contribution in [0.15, 0.2) is 0 Å². The molecule has 0 aromatic rings. The van der Waals surface area contributed by atoms with Gasteiger partial charge < -0.3 is 10.8 Å². The van der Waals surface area contributed by atoms with E-state index in [0.717, 1.165) is 0 Å². The van der Waals surface area contributed by atoms with Crippen molar-refractivity contribution in [3.8, 4) is 0 Å². The number of likely N-dealkylation sites (tertiary alicyclic amines) is 1. The third-order valence-corrected chi connectivity index (χ3v) is 1.87. The second kappa shape index (κ2) is 5.59. The molecule has 1 saturated heterocycles. The summed E-state index contributed by atoms with van der Waals surface area (Å²) in [7, 11) is 1.78. The topological polar surface area (TPSA) is 66.6 Å². The summed E-state index contributed by atoms with van der Waals surface area (Å²) in [5.41, 5.74) is 5.55. The van der Waals surface area contributed by atoms with Gasteiger partial charge in [-0.1, -0.05) is 0 Å². The number of nitrogens with two attached hydrogens (primary N) is 1. The molecule has 0 aliphatic carbocycles. The largest absolute Gasteiger partial charge is 0.480 e. The quantitative estimate of drug-likeness (QED) is 0.646. The first-order chi connectivity index (χ1) is 4.61. The minimum atomic E-state index is -0.768. The molecule has 1 aliphatic heterocycles. The summed E-state index contributed by atoms with van der Waals surface area (Å²) >= 11 is 0. The first kappa shape index (κ1) is 14.5. The molecule has 0 aromatic heterocycles. The van der Waals surface area contributed by atoms with Crippen molar-refractivity contribution in [2.24, 2.45) is 5.73 Å². The zero-order valence-electron chi connectivity index (χ0n) is 6.77. The van der Waals surface area contributed by atoms with Crippen LogP contribution in [0.4, 0.5) is 0 Å². The van der Waals surface area contributed by atoms with Crippen LogP contribution in [-0.4, -0.2) is 41.7 Å². The van der Waals surface area contributed by atoms with Gasteiger partial charge in [-0.25, -0.2) is 0 Å². The zero-order chi connectivity index (χ0) is 7.72. The van der Waals surface area contributed by atoms with E-state index in [1.165, 1.54) is 0 Å². The lowest BCUT2D eigenvalue weighted by molar-refractivity contribution is -0.141. The predicted molar refractivity (Wildman–Crippen MR) is 51.1 cm³/mol. The number of carboxylic acids is 1. The second-order valence-corrected chi connectivity index (χ2v) is 2.79. The van der Waals surface area contributed by atoms with E-state index in [-0.39, 0.29) is 36.9 Å². The summed E-state index contributed by atoms with van der Waals surface area (Å²) in [6.45, 7) is 0.691. The summed E-state index contributed by atoms with van der Waals surface area (Å²) < 4.78 is 0. The number of nitrogens with zero attached hydrogens (tertiary/aromatic N) is 1. The fourth-order valence-corrected chi connectivity index (χ4v) is 1.33. The van der Waals surface area contributed by atoms with Gasteiger partial charge in [-0.3, -0.25) is 9.69 Å². The molecule has 1 rings (SSSR count). The van der Waals surface area contributed by atoms with Gasteiger partial charge in [-0.05, 0) is 13.5 Å². The molecule has 12 heavy (non-hydrogen) atoms. The minimum Gasteiger partial charge on any atom is -0.480 e. The predicted octanol–water partition coefficient (Wildman–Crippen LogP) is -0.0540. The number of halogens is 2. The SMILES string of the molecule is CN1C[C@@H](N)C[C@H]1C(=O)O.Cl.Cl. The van der Waals surface area contributed by atoms with Crippen LogP contribution >= 0.6 is 24.8 Å². The molecule has 0 amide bonds. The maximum absolute atomic E-state index is 10.5. The van der Waals surface area contributed by atoms with Gasteiger partial charge in [-0.2, -0.15) is 0 Å². The summed E-state index contributed by atoms with van der Waals surface area (Å²) in [6.07, 6.45) is 0.575. The summed E-state index contributed by atoms with van der Waals surface area (Å²) in [4.78, 5) is 12.2. The molecule has 0 unspecified atom stereocenters. The number of aliphatic carboxylic acids is 1. The highest BCUT2D eigenvalue weighted by atomic mass is 35.5. The van der Waals surface area contributed by atoms with Crippen molar-refractivity contribution in [2.75, 3.05) is 13.6 Å². The average Bonchev–Trinajstić information content (AvgIpc) is 2.10. The molecule has 74 valence electrons. The third kappa shape index (κ3) is 3.15. The van der Waals surface area contributed by atoms with Crippen LogP contribution in [0.25, 0.3) is 0 Å². The number of hydrogen-bond acceptors (Lipinski definition) is 3. The van der Waals surface area contributed by atoms with E-state index in [4.69, 9.17) is 10.8 Å². The Kier molecular flexibility index (Phi) is 6.75. The maximum Gasteiger partial charge on any atom is 0.320 e. The van der Waals surface area contributed by atoms with Crippen LogP contribution in [-0.2, 0) is 4.79 Å². The van der Waals surface area contributed by atoms with Gasteiger partial charge in [0, 0.05) is 12.6 Å². The average molecular weight is 217 g/mol. The molecule has 1 heterocycles. The molecule has 1 fully saturated rings. The molecule has 4 nitrogen and oxygen atoms in total. The third-order valence-electron chi connectivity index (χ3n) is 1.87. The van der Waals surface area contributed by atoms with Gasteiger partial charge in [0.25, 0.3) is 0 Å². The van der Waals surface area contributed by atoms with E-state index in [9.17, 15) is 4.79 Å². The normalized spacial score (nSPS) is 28.8.